The zero-order valence-corrected chi connectivity index (χ0v) is 15.3. The van der Waals surface area contributed by atoms with Crippen LogP contribution in [0.1, 0.15) is 51.5 Å². The van der Waals surface area contributed by atoms with Gasteiger partial charge in [0.2, 0.25) is 15.9 Å². The number of anilines is 1. The quantitative estimate of drug-likeness (QED) is 0.703. The van der Waals surface area contributed by atoms with Gasteiger partial charge < -0.3 is 5.32 Å². The van der Waals surface area contributed by atoms with E-state index in [2.05, 4.69) is 26.1 Å². The topological polar surface area (TPSA) is 66.5 Å². The Kier molecular flexibility index (Phi) is 7.55. The highest BCUT2D eigenvalue weighted by molar-refractivity contribution is 7.92. The molecule has 130 valence electrons. The number of nitrogens with zero attached hydrogens (tertiary/aromatic N) is 1. The van der Waals surface area contributed by atoms with Gasteiger partial charge >= 0.3 is 0 Å². The van der Waals surface area contributed by atoms with Crippen LogP contribution >= 0.6 is 0 Å². The van der Waals surface area contributed by atoms with Gasteiger partial charge in [0.1, 0.15) is 6.54 Å². The van der Waals surface area contributed by atoms with Gasteiger partial charge in [0, 0.05) is 6.54 Å². The Morgan fingerprint density at radius 3 is 2.26 bits per heavy atom. The Bertz CT molecular complexity index is 595. The van der Waals surface area contributed by atoms with Crippen molar-refractivity contribution in [2.24, 2.45) is 0 Å². The number of hydrogen-bond donors (Lipinski definition) is 1. The van der Waals surface area contributed by atoms with E-state index in [4.69, 9.17) is 0 Å². The molecule has 0 saturated heterocycles. The highest BCUT2D eigenvalue weighted by atomic mass is 32.2. The van der Waals surface area contributed by atoms with Crippen LogP contribution in [-0.4, -0.2) is 33.7 Å². The molecule has 0 saturated carbocycles. The number of carbonyl (C=O) groups is 1. The number of amides is 1. The van der Waals surface area contributed by atoms with Gasteiger partial charge in [-0.25, -0.2) is 8.42 Å². The predicted octanol–water partition coefficient (Wildman–Crippen LogP) is 2.88. The number of sulfonamides is 1. The first-order valence-electron chi connectivity index (χ1n) is 8.10. The highest BCUT2D eigenvalue weighted by Gasteiger charge is 2.20. The van der Waals surface area contributed by atoms with Gasteiger partial charge in [0.25, 0.3) is 0 Å². The summed E-state index contributed by atoms with van der Waals surface area (Å²) in [6, 6.07) is 7.30. The first kappa shape index (κ1) is 19.5. The molecule has 1 N–H and O–H groups in total. The molecule has 1 rings (SSSR count). The Morgan fingerprint density at radius 2 is 1.78 bits per heavy atom. The van der Waals surface area contributed by atoms with Crippen molar-refractivity contribution in [2.45, 2.75) is 46.0 Å². The number of rotatable bonds is 9. The van der Waals surface area contributed by atoms with E-state index >= 15 is 0 Å². The number of hydrogen-bond acceptors (Lipinski definition) is 3. The maximum Gasteiger partial charge on any atom is 0.240 e. The van der Waals surface area contributed by atoms with Gasteiger partial charge in [-0.3, -0.25) is 9.10 Å². The molecule has 23 heavy (non-hydrogen) atoms. The Hall–Kier alpha value is -1.56. The molecule has 5 nitrogen and oxygen atoms in total. The fourth-order valence-corrected chi connectivity index (χ4v) is 3.07. The Morgan fingerprint density at radius 1 is 1.17 bits per heavy atom. The minimum Gasteiger partial charge on any atom is -0.355 e. The van der Waals surface area contributed by atoms with Crippen LogP contribution in [0.2, 0.25) is 0 Å². The summed E-state index contributed by atoms with van der Waals surface area (Å²) in [5, 5.41) is 2.77. The fourth-order valence-electron chi connectivity index (χ4n) is 2.21. The molecule has 0 aromatic heterocycles. The van der Waals surface area contributed by atoms with Gasteiger partial charge in [-0.2, -0.15) is 0 Å². The standard InChI is InChI=1S/C17H28N2O3S/c1-5-6-7-12-18-17(20)13-19(23(4,21)22)16-10-8-15(9-11-16)14(2)3/h8-11,14H,5-7,12-13H2,1-4H3,(H,18,20). The van der Waals surface area contributed by atoms with Crippen molar-refractivity contribution in [1.29, 1.82) is 0 Å². The molecule has 0 bridgehead atoms. The molecular weight excluding hydrogens is 312 g/mol. The second kappa shape index (κ2) is 8.91. The molecule has 0 radical (unpaired) electrons. The average Bonchev–Trinajstić information content (AvgIpc) is 2.48. The lowest BCUT2D eigenvalue weighted by molar-refractivity contribution is -0.119. The van der Waals surface area contributed by atoms with Gasteiger partial charge in [0.05, 0.1) is 11.9 Å². The average molecular weight is 340 g/mol. The minimum absolute atomic E-state index is 0.189. The van der Waals surface area contributed by atoms with E-state index in [1.54, 1.807) is 12.1 Å². The zero-order chi connectivity index (χ0) is 17.5. The largest absolute Gasteiger partial charge is 0.355 e. The predicted molar refractivity (Wildman–Crippen MR) is 95.3 cm³/mol. The van der Waals surface area contributed by atoms with Crippen LogP contribution in [0.15, 0.2) is 24.3 Å². The Labute approximate surface area is 140 Å². The molecular formula is C17H28N2O3S. The van der Waals surface area contributed by atoms with Crippen molar-refractivity contribution in [3.8, 4) is 0 Å². The van der Waals surface area contributed by atoms with E-state index in [0.29, 0.717) is 18.2 Å². The molecule has 1 aromatic rings. The number of carbonyl (C=O) groups excluding carboxylic acids is 1. The maximum absolute atomic E-state index is 12.0. The summed E-state index contributed by atoms with van der Waals surface area (Å²) < 4.78 is 25.2. The molecule has 0 unspecified atom stereocenters. The normalized spacial score (nSPS) is 11.5. The van der Waals surface area contributed by atoms with Crippen molar-refractivity contribution in [3.63, 3.8) is 0 Å². The highest BCUT2D eigenvalue weighted by Crippen LogP contribution is 2.21. The van der Waals surface area contributed by atoms with E-state index in [1.165, 1.54) is 0 Å². The summed E-state index contributed by atoms with van der Waals surface area (Å²) in [5.41, 5.74) is 1.65. The monoisotopic (exact) mass is 340 g/mol. The van der Waals surface area contributed by atoms with Crippen molar-refractivity contribution in [3.05, 3.63) is 29.8 Å². The molecule has 0 heterocycles. The first-order chi connectivity index (χ1) is 10.8. The van der Waals surface area contributed by atoms with Gasteiger partial charge in [-0.05, 0) is 30.0 Å². The summed E-state index contributed by atoms with van der Waals surface area (Å²) >= 11 is 0. The second-order valence-electron chi connectivity index (χ2n) is 6.07. The summed E-state index contributed by atoms with van der Waals surface area (Å²) in [6.45, 7) is 6.64. The summed E-state index contributed by atoms with van der Waals surface area (Å²) in [7, 11) is -3.51. The third-order valence-corrected chi connectivity index (χ3v) is 4.78. The summed E-state index contributed by atoms with van der Waals surface area (Å²) in [5.74, 6) is 0.0945. The smallest absolute Gasteiger partial charge is 0.240 e. The first-order valence-corrected chi connectivity index (χ1v) is 9.95. The van der Waals surface area contributed by atoms with Crippen LogP contribution in [0.3, 0.4) is 0 Å². The lowest BCUT2D eigenvalue weighted by Gasteiger charge is -2.22. The van der Waals surface area contributed by atoms with Crippen molar-refractivity contribution in [2.75, 3.05) is 23.7 Å². The molecule has 0 aliphatic carbocycles. The van der Waals surface area contributed by atoms with Crippen LogP contribution in [0.25, 0.3) is 0 Å². The fraction of sp³-hybridized carbons (Fsp3) is 0.588. The van der Waals surface area contributed by atoms with Crippen molar-refractivity contribution >= 4 is 21.6 Å². The number of unbranched alkanes of at least 4 members (excludes halogenated alkanes) is 2. The third-order valence-electron chi connectivity index (χ3n) is 3.64. The molecule has 1 amide bonds. The molecule has 0 spiro atoms. The molecule has 0 aliphatic heterocycles. The van der Waals surface area contributed by atoms with Gasteiger partial charge in [0.15, 0.2) is 0 Å². The van der Waals surface area contributed by atoms with Crippen molar-refractivity contribution in [1.82, 2.24) is 5.32 Å². The van der Waals surface area contributed by atoms with Crippen LogP contribution in [0.5, 0.6) is 0 Å². The summed E-state index contributed by atoms with van der Waals surface area (Å²) in [6.07, 6.45) is 4.15. The van der Waals surface area contributed by atoms with E-state index in [-0.39, 0.29) is 12.5 Å². The minimum atomic E-state index is -3.51. The number of nitrogens with one attached hydrogen (secondary N) is 1. The molecule has 0 aliphatic rings. The molecule has 1 aromatic carbocycles. The number of benzene rings is 1. The SMILES string of the molecule is CCCCCNC(=O)CN(c1ccc(C(C)C)cc1)S(C)(=O)=O. The van der Waals surface area contributed by atoms with Crippen LogP contribution in [0.4, 0.5) is 5.69 Å². The Balaban J connectivity index is 2.79. The third kappa shape index (κ3) is 6.60. The van der Waals surface area contributed by atoms with E-state index in [1.807, 2.05) is 12.1 Å². The van der Waals surface area contributed by atoms with Crippen LogP contribution < -0.4 is 9.62 Å². The molecule has 6 heteroatoms. The van der Waals surface area contributed by atoms with Crippen molar-refractivity contribution < 1.29 is 13.2 Å². The van der Waals surface area contributed by atoms with Crippen LogP contribution in [0, 0.1) is 0 Å². The van der Waals surface area contributed by atoms with Gasteiger partial charge in [-0.1, -0.05) is 45.7 Å². The summed E-state index contributed by atoms with van der Waals surface area (Å²) in [4.78, 5) is 12.0. The van der Waals surface area contributed by atoms with E-state index < -0.39 is 10.0 Å². The molecule has 0 fully saturated rings. The second-order valence-corrected chi connectivity index (χ2v) is 7.98. The molecule has 0 atom stereocenters. The lowest BCUT2D eigenvalue weighted by atomic mass is 10.0. The lowest BCUT2D eigenvalue weighted by Crippen LogP contribution is -2.40. The zero-order valence-electron chi connectivity index (χ0n) is 14.5. The maximum atomic E-state index is 12.0. The van der Waals surface area contributed by atoms with E-state index in [0.717, 1.165) is 35.4 Å². The van der Waals surface area contributed by atoms with Crippen LogP contribution in [-0.2, 0) is 14.8 Å². The van der Waals surface area contributed by atoms with Gasteiger partial charge in [-0.15, -0.1) is 0 Å². The van der Waals surface area contributed by atoms with E-state index in [9.17, 15) is 13.2 Å².